The summed E-state index contributed by atoms with van der Waals surface area (Å²) >= 11 is 1.40. The first-order chi connectivity index (χ1) is 9.41. The molecule has 0 atom stereocenters. The Morgan fingerprint density at radius 2 is 1.00 bits per heavy atom. The highest BCUT2D eigenvalue weighted by molar-refractivity contribution is 8.03. The molecule has 0 aliphatic rings. The van der Waals surface area contributed by atoms with Crippen molar-refractivity contribution in [2.24, 2.45) is 0 Å². The average molecular weight is 284 g/mol. The Hall–Kier alpha value is -0.160. The lowest BCUT2D eigenvalue weighted by molar-refractivity contribution is 0.538. The summed E-state index contributed by atoms with van der Waals surface area (Å²) in [6, 6.07) is 0. The lowest BCUT2D eigenvalue weighted by atomic mass is 10.0. The molecular weight excluding hydrogens is 250 g/mol. The molecule has 0 aromatic rings. The normalized spacial score (nSPS) is 10.5. The van der Waals surface area contributed by atoms with E-state index in [0.717, 1.165) is 5.75 Å². The van der Waals surface area contributed by atoms with Gasteiger partial charge in [-0.3, -0.25) is 0 Å². The van der Waals surface area contributed by atoms with Gasteiger partial charge < -0.3 is 0 Å². The molecule has 0 heterocycles. The molecule has 0 N–H and O–H groups in total. The minimum Gasteiger partial charge on any atom is -0.185 e. The third-order valence-corrected chi connectivity index (χ3v) is 4.29. The van der Waals surface area contributed by atoms with Crippen molar-refractivity contribution in [3.05, 3.63) is 0 Å². The number of nitriles is 1. The van der Waals surface area contributed by atoms with E-state index in [9.17, 15) is 0 Å². The lowest BCUT2D eigenvalue weighted by Gasteiger charge is -2.02. The molecule has 0 radical (unpaired) electrons. The summed E-state index contributed by atoms with van der Waals surface area (Å²) in [4.78, 5) is 0. The van der Waals surface area contributed by atoms with E-state index in [1.807, 2.05) is 0 Å². The summed E-state index contributed by atoms with van der Waals surface area (Å²) in [5.74, 6) is 1.02. The third kappa shape index (κ3) is 17.8. The van der Waals surface area contributed by atoms with Crippen LogP contribution in [-0.4, -0.2) is 5.75 Å². The van der Waals surface area contributed by atoms with E-state index >= 15 is 0 Å². The Morgan fingerprint density at radius 3 is 1.37 bits per heavy atom. The zero-order valence-electron chi connectivity index (χ0n) is 13.0. The van der Waals surface area contributed by atoms with Crippen molar-refractivity contribution in [3.63, 3.8) is 0 Å². The first-order valence-corrected chi connectivity index (χ1v) is 9.41. The van der Waals surface area contributed by atoms with Crippen LogP contribution in [0.1, 0.15) is 96.8 Å². The number of rotatable bonds is 15. The molecule has 0 amide bonds. The SMILES string of the molecule is CCCCCCCCCCCCCCCCSC#N. The molecule has 0 saturated carbocycles. The molecule has 0 aromatic heterocycles. The van der Waals surface area contributed by atoms with Gasteiger partial charge in [0.05, 0.1) is 0 Å². The summed E-state index contributed by atoms with van der Waals surface area (Å²) in [5.41, 5.74) is 0. The summed E-state index contributed by atoms with van der Waals surface area (Å²) in [6.45, 7) is 2.28. The van der Waals surface area contributed by atoms with Gasteiger partial charge in [-0.15, -0.1) is 0 Å². The van der Waals surface area contributed by atoms with Gasteiger partial charge in [0.2, 0.25) is 0 Å². The molecule has 0 saturated heterocycles. The first-order valence-electron chi connectivity index (χ1n) is 8.42. The maximum atomic E-state index is 8.38. The minimum atomic E-state index is 1.02. The molecular formula is C17H33NS. The zero-order chi connectivity index (χ0) is 14.0. The maximum absolute atomic E-state index is 8.38. The van der Waals surface area contributed by atoms with Crippen molar-refractivity contribution >= 4 is 11.8 Å². The molecule has 0 bridgehead atoms. The van der Waals surface area contributed by atoms with E-state index in [1.165, 1.54) is 102 Å². The molecule has 0 aliphatic carbocycles. The molecule has 0 spiro atoms. The number of unbranched alkanes of at least 4 members (excludes halogenated alkanes) is 13. The molecule has 112 valence electrons. The van der Waals surface area contributed by atoms with Crippen LogP contribution in [0.25, 0.3) is 0 Å². The highest BCUT2D eigenvalue weighted by Gasteiger charge is 1.94. The zero-order valence-corrected chi connectivity index (χ0v) is 13.8. The molecule has 19 heavy (non-hydrogen) atoms. The Balaban J connectivity index is 2.90. The molecule has 0 aliphatic heterocycles. The Bertz CT molecular complexity index is 198. The number of hydrogen-bond acceptors (Lipinski definition) is 2. The average Bonchev–Trinajstić information content (AvgIpc) is 2.43. The van der Waals surface area contributed by atoms with Crippen LogP contribution in [0.4, 0.5) is 0 Å². The van der Waals surface area contributed by atoms with Crippen molar-refractivity contribution < 1.29 is 0 Å². The van der Waals surface area contributed by atoms with Crippen LogP contribution in [0, 0.1) is 10.7 Å². The van der Waals surface area contributed by atoms with Crippen molar-refractivity contribution in [2.75, 3.05) is 5.75 Å². The van der Waals surface area contributed by atoms with Crippen molar-refractivity contribution in [1.82, 2.24) is 0 Å². The first kappa shape index (κ1) is 18.8. The van der Waals surface area contributed by atoms with Crippen LogP contribution in [0.15, 0.2) is 0 Å². The highest BCUT2D eigenvalue weighted by atomic mass is 32.2. The molecule has 0 aromatic carbocycles. The Labute approximate surface area is 125 Å². The second-order valence-corrected chi connectivity index (χ2v) is 6.42. The van der Waals surface area contributed by atoms with Gasteiger partial charge in [0, 0.05) is 5.75 Å². The van der Waals surface area contributed by atoms with Crippen LogP contribution in [0.5, 0.6) is 0 Å². The van der Waals surface area contributed by atoms with Crippen LogP contribution in [-0.2, 0) is 0 Å². The van der Waals surface area contributed by atoms with Gasteiger partial charge >= 0.3 is 0 Å². The number of thiocyanates is 1. The quantitative estimate of drug-likeness (QED) is 0.247. The van der Waals surface area contributed by atoms with Gasteiger partial charge in [0.25, 0.3) is 0 Å². The van der Waals surface area contributed by atoms with Gasteiger partial charge in [-0.05, 0) is 18.2 Å². The lowest BCUT2D eigenvalue weighted by Crippen LogP contribution is -1.84. The van der Waals surface area contributed by atoms with E-state index < -0.39 is 0 Å². The van der Waals surface area contributed by atoms with Crippen LogP contribution < -0.4 is 0 Å². The summed E-state index contributed by atoms with van der Waals surface area (Å²) < 4.78 is 0. The standard InChI is InChI=1S/C17H33NS/c1-2-3-4-5-6-7-8-9-10-11-12-13-14-15-16-19-17-18/h2-16H2,1H3. The van der Waals surface area contributed by atoms with Crippen LogP contribution >= 0.6 is 11.8 Å². The number of nitrogens with zero attached hydrogens (tertiary/aromatic N) is 1. The van der Waals surface area contributed by atoms with Crippen molar-refractivity contribution in [3.8, 4) is 5.40 Å². The molecule has 0 fully saturated rings. The fourth-order valence-electron chi connectivity index (χ4n) is 2.41. The predicted molar refractivity (Wildman–Crippen MR) is 88.4 cm³/mol. The fraction of sp³-hybridized carbons (Fsp3) is 0.941. The van der Waals surface area contributed by atoms with Crippen molar-refractivity contribution in [2.45, 2.75) is 96.8 Å². The Morgan fingerprint density at radius 1 is 0.632 bits per heavy atom. The highest BCUT2D eigenvalue weighted by Crippen LogP contribution is 2.13. The molecule has 1 nitrogen and oxygen atoms in total. The van der Waals surface area contributed by atoms with Gasteiger partial charge in [-0.1, -0.05) is 90.4 Å². The second kappa shape index (κ2) is 17.8. The molecule has 0 unspecified atom stereocenters. The molecule has 0 rings (SSSR count). The molecule has 2 heteroatoms. The van der Waals surface area contributed by atoms with E-state index in [0.29, 0.717) is 0 Å². The van der Waals surface area contributed by atoms with E-state index in [2.05, 4.69) is 12.3 Å². The van der Waals surface area contributed by atoms with Crippen LogP contribution in [0.2, 0.25) is 0 Å². The van der Waals surface area contributed by atoms with E-state index in [-0.39, 0.29) is 0 Å². The smallest absolute Gasteiger partial charge is 0.133 e. The van der Waals surface area contributed by atoms with Gasteiger partial charge in [0.15, 0.2) is 0 Å². The topological polar surface area (TPSA) is 23.8 Å². The number of hydrogen-bond donors (Lipinski definition) is 0. The second-order valence-electron chi connectivity index (χ2n) is 5.54. The fourth-order valence-corrected chi connectivity index (χ4v) is 2.85. The summed E-state index contributed by atoms with van der Waals surface area (Å²) in [5, 5.41) is 10.5. The van der Waals surface area contributed by atoms with Gasteiger partial charge in [0.1, 0.15) is 5.40 Å². The Kier molecular flexibility index (Phi) is 17.7. The summed E-state index contributed by atoms with van der Waals surface area (Å²) in [7, 11) is 0. The largest absolute Gasteiger partial charge is 0.185 e. The van der Waals surface area contributed by atoms with E-state index in [1.54, 1.807) is 0 Å². The van der Waals surface area contributed by atoms with Gasteiger partial charge in [-0.2, -0.15) is 5.26 Å². The summed E-state index contributed by atoms with van der Waals surface area (Å²) in [6.07, 6.45) is 19.6. The number of thioether (sulfide) groups is 1. The minimum absolute atomic E-state index is 1.02. The van der Waals surface area contributed by atoms with E-state index in [4.69, 9.17) is 5.26 Å². The van der Waals surface area contributed by atoms with Gasteiger partial charge in [-0.25, -0.2) is 0 Å². The predicted octanol–water partition coefficient (Wildman–Crippen LogP) is 6.68. The van der Waals surface area contributed by atoms with Crippen molar-refractivity contribution in [1.29, 1.82) is 5.26 Å². The third-order valence-electron chi connectivity index (χ3n) is 3.66. The monoisotopic (exact) mass is 283 g/mol. The van der Waals surface area contributed by atoms with Crippen LogP contribution in [0.3, 0.4) is 0 Å². The maximum Gasteiger partial charge on any atom is 0.133 e.